The molecule has 2 nitrogen and oxygen atoms in total. The van der Waals surface area contributed by atoms with Gasteiger partial charge in [0.1, 0.15) is 11.2 Å². The molecule has 0 saturated heterocycles. The number of hydrogen-bond donors (Lipinski definition) is 0. The number of nitrogens with zero attached hydrogens (tertiary/aromatic N) is 1. The lowest BCUT2D eigenvalue weighted by Gasteiger charge is -2.36. The van der Waals surface area contributed by atoms with E-state index < -0.39 is 30.4 Å². The van der Waals surface area contributed by atoms with Crippen LogP contribution in [0.1, 0.15) is 71.0 Å². The Bertz CT molecular complexity index is 1830. The van der Waals surface area contributed by atoms with Gasteiger partial charge in [0, 0.05) is 38.0 Å². The van der Waals surface area contributed by atoms with Crippen LogP contribution in [0.2, 0.25) is 0 Å². The van der Waals surface area contributed by atoms with E-state index in [4.69, 9.17) is 12.6 Å². The minimum absolute atomic E-state index is 0.245. The number of furan rings is 1. The van der Waals surface area contributed by atoms with Crippen molar-refractivity contribution in [2.24, 2.45) is 0 Å². The van der Waals surface area contributed by atoms with Crippen LogP contribution in [0.25, 0.3) is 33.2 Å². The third-order valence-electron chi connectivity index (χ3n) is 7.48. The number of para-hydroxylation sites is 1. The standard InChI is InChI=1S/C32H31NO/c1-19-15-27(33-18-20(19)2)23-14-10-13-22-24-16-25-26(17-28(24)34-29(22)23)32(5,6)30(31(25,3)4)21-11-8-7-9-12-21/h7-18,30H,1-6H3/i1D3,2D3,30D. The van der Waals surface area contributed by atoms with Gasteiger partial charge in [0.15, 0.2) is 0 Å². The minimum atomic E-state index is -2.62. The first-order valence-corrected chi connectivity index (χ1v) is 11.6. The van der Waals surface area contributed by atoms with Crippen LogP contribution in [0, 0.1) is 13.7 Å². The molecule has 1 atom stereocenters. The molecular formula is C32H31NO. The van der Waals surface area contributed by atoms with Gasteiger partial charge in [-0.1, -0.05) is 70.2 Å². The first-order valence-electron chi connectivity index (χ1n) is 15.1. The van der Waals surface area contributed by atoms with Crippen molar-refractivity contribution in [3.63, 3.8) is 0 Å². The van der Waals surface area contributed by atoms with Crippen molar-refractivity contribution >= 4 is 21.9 Å². The van der Waals surface area contributed by atoms with Crippen LogP contribution in [0.4, 0.5) is 0 Å². The van der Waals surface area contributed by atoms with Crippen LogP contribution in [-0.4, -0.2) is 4.98 Å². The summed E-state index contributed by atoms with van der Waals surface area (Å²) in [6.45, 7) is 3.27. The summed E-state index contributed by atoms with van der Waals surface area (Å²) in [5, 5.41) is 1.74. The van der Waals surface area contributed by atoms with E-state index in [1.807, 2.05) is 42.5 Å². The summed E-state index contributed by atoms with van der Waals surface area (Å²) in [4.78, 5) is 4.38. The SMILES string of the molecule is [2H]C([2H])([2H])c1cnc(-c2cccc3c2oc2cc4c(cc23)C(C)(C)C([2H])(c2ccccc2)C4(C)C)cc1C([2H])([2H])[2H]. The maximum absolute atomic E-state index is 9.92. The Balaban J connectivity index is 1.58. The average molecular weight is 453 g/mol. The largest absolute Gasteiger partial charge is 0.455 e. The Hall–Kier alpha value is -3.39. The number of hydrogen-bond acceptors (Lipinski definition) is 2. The lowest BCUT2D eigenvalue weighted by molar-refractivity contribution is 0.330. The molecule has 2 heteroatoms. The summed E-state index contributed by atoms with van der Waals surface area (Å²) in [6.07, 6.45) is 1.14. The minimum Gasteiger partial charge on any atom is -0.455 e. The van der Waals surface area contributed by atoms with Gasteiger partial charge in [-0.3, -0.25) is 4.98 Å². The van der Waals surface area contributed by atoms with Gasteiger partial charge in [-0.15, -0.1) is 0 Å². The highest BCUT2D eigenvalue weighted by Gasteiger charge is 2.51. The molecule has 0 N–H and O–H groups in total. The molecule has 3 aromatic carbocycles. The van der Waals surface area contributed by atoms with Crippen molar-refractivity contribution in [3.05, 3.63) is 101 Å². The average Bonchev–Trinajstić information content (AvgIpc) is 3.33. The zero-order chi connectivity index (χ0) is 29.8. The second-order valence-electron chi connectivity index (χ2n) is 10.3. The first kappa shape index (κ1) is 14.8. The number of benzene rings is 3. The number of pyridine rings is 1. The number of aryl methyl sites for hydroxylation is 2. The molecule has 1 aliphatic rings. The monoisotopic (exact) mass is 452 g/mol. The van der Waals surface area contributed by atoms with Gasteiger partial charge in [-0.05, 0) is 76.6 Å². The molecule has 1 aliphatic carbocycles. The van der Waals surface area contributed by atoms with Crippen molar-refractivity contribution in [1.29, 1.82) is 0 Å². The van der Waals surface area contributed by atoms with Crippen LogP contribution in [0.5, 0.6) is 0 Å². The van der Waals surface area contributed by atoms with Crippen LogP contribution in [0.3, 0.4) is 0 Å². The Kier molecular flexibility index (Phi) is 3.07. The van der Waals surface area contributed by atoms with E-state index in [-0.39, 0.29) is 11.1 Å². The highest BCUT2D eigenvalue weighted by molar-refractivity contribution is 6.10. The van der Waals surface area contributed by atoms with Gasteiger partial charge in [-0.25, -0.2) is 0 Å². The first-order chi connectivity index (χ1) is 19.0. The van der Waals surface area contributed by atoms with Crippen molar-refractivity contribution in [2.45, 2.75) is 58.1 Å². The maximum atomic E-state index is 9.92. The van der Waals surface area contributed by atoms with E-state index in [0.29, 0.717) is 22.4 Å². The van der Waals surface area contributed by atoms with Gasteiger partial charge in [-0.2, -0.15) is 0 Å². The fraction of sp³-hybridized carbons (Fsp3) is 0.281. The van der Waals surface area contributed by atoms with E-state index in [1.54, 1.807) is 6.07 Å². The predicted octanol–water partition coefficient (Wildman–Crippen LogP) is 8.62. The summed E-state index contributed by atoms with van der Waals surface area (Å²) < 4.78 is 63.7. The van der Waals surface area contributed by atoms with Crippen molar-refractivity contribution in [3.8, 4) is 11.3 Å². The second kappa shape index (κ2) is 7.06. The summed E-state index contributed by atoms with van der Waals surface area (Å²) in [5.41, 5.74) is 3.65. The Morgan fingerprint density at radius 3 is 2.29 bits per heavy atom. The maximum Gasteiger partial charge on any atom is 0.144 e. The molecule has 0 radical (unpaired) electrons. The van der Waals surface area contributed by atoms with E-state index in [1.165, 1.54) is 6.07 Å². The molecule has 6 rings (SSSR count). The van der Waals surface area contributed by atoms with Gasteiger partial charge in [0.2, 0.25) is 0 Å². The van der Waals surface area contributed by atoms with Crippen LogP contribution in [-0.2, 0) is 10.8 Å². The molecule has 2 heterocycles. The second-order valence-corrected chi connectivity index (χ2v) is 10.3. The number of rotatable bonds is 2. The summed E-state index contributed by atoms with van der Waals surface area (Å²) in [7, 11) is 0. The van der Waals surface area contributed by atoms with Crippen LogP contribution in [0.15, 0.2) is 77.3 Å². The lowest BCUT2D eigenvalue weighted by atomic mass is 9.67. The normalized spacial score (nSPS) is 24.4. The fourth-order valence-electron chi connectivity index (χ4n) is 6.06. The topological polar surface area (TPSA) is 26.0 Å². The third kappa shape index (κ3) is 2.84. The van der Waals surface area contributed by atoms with Gasteiger partial charge < -0.3 is 4.42 Å². The van der Waals surface area contributed by atoms with Gasteiger partial charge in [0.25, 0.3) is 0 Å². The molecule has 1 unspecified atom stereocenters. The Labute approximate surface area is 211 Å². The van der Waals surface area contributed by atoms with E-state index in [0.717, 1.165) is 33.7 Å². The molecule has 0 aliphatic heterocycles. The predicted molar refractivity (Wildman–Crippen MR) is 142 cm³/mol. The molecule has 0 fully saturated rings. The highest BCUT2D eigenvalue weighted by Crippen LogP contribution is 2.59. The molecule has 0 spiro atoms. The lowest BCUT2D eigenvalue weighted by Crippen LogP contribution is -2.31. The summed E-state index contributed by atoms with van der Waals surface area (Å²) in [6, 6.07) is 21.2. The Morgan fingerprint density at radius 1 is 0.824 bits per heavy atom. The molecule has 170 valence electrons. The van der Waals surface area contributed by atoms with E-state index in [9.17, 15) is 1.37 Å². The Morgan fingerprint density at radius 2 is 1.56 bits per heavy atom. The third-order valence-corrected chi connectivity index (χ3v) is 7.48. The van der Waals surface area contributed by atoms with Gasteiger partial charge >= 0.3 is 0 Å². The molecule has 2 aromatic heterocycles. The summed E-state index contributed by atoms with van der Waals surface area (Å²) in [5.74, 6) is -0.927. The van der Waals surface area contributed by atoms with Crippen LogP contribution >= 0.6 is 0 Å². The fourth-order valence-corrected chi connectivity index (χ4v) is 6.06. The zero-order valence-corrected chi connectivity index (χ0v) is 19.8. The number of fused-ring (bicyclic) bond motifs is 4. The zero-order valence-electron chi connectivity index (χ0n) is 26.8. The van der Waals surface area contributed by atoms with Crippen molar-refractivity contribution < 1.29 is 14.0 Å². The van der Waals surface area contributed by atoms with Gasteiger partial charge in [0.05, 0.1) is 5.69 Å². The molecule has 0 bridgehead atoms. The van der Waals surface area contributed by atoms with Crippen molar-refractivity contribution in [2.75, 3.05) is 0 Å². The van der Waals surface area contributed by atoms with Crippen LogP contribution < -0.4 is 0 Å². The van der Waals surface area contributed by atoms with Crippen molar-refractivity contribution in [1.82, 2.24) is 4.98 Å². The van der Waals surface area contributed by atoms with E-state index >= 15 is 0 Å². The summed E-state index contributed by atoms with van der Waals surface area (Å²) >= 11 is 0. The molecular weight excluding hydrogens is 414 g/mol. The highest BCUT2D eigenvalue weighted by atomic mass is 16.3. The molecule has 0 amide bonds. The molecule has 34 heavy (non-hydrogen) atoms. The smallest absolute Gasteiger partial charge is 0.144 e. The number of aromatic nitrogens is 1. The quantitative estimate of drug-likeness (QED) is 0.268. The molecule has 0 saturated carbocycles. The van der Waals surface area contributed by atoms with E-state index in [2.05, 4.69) is 44.8 Å². The molecule has 5 aromatic rings.